The number of piperidine rings is 1. The number of hydrogen-bond acceptors (Lipinski definition) is 4. The molecule has 0 spiro atoms. The molecule has 2 fully saturated rings. The van der Waals surface area contributed by atoms with Gasteiger partial charge in [0, 0.05) is 62.8 Å². The number of amides is 1. The van der Waals surface area contributed by atoms with Crippen LogP contribution >= 0.6 is 11.6 Å². The second-order valence-electron chi connectivity index (χ2n) is 10.2. The minimum Gasteiger partial charge on any atom is -0.367 e. The highest BCUT2D eigenvalue weighted by Crippen LogP contribution is 2.30. The van der Waals surface area contributed by atoms with Gasteiger partial charge in [-0.2, -0.15) is 0 Å². The van der Waals surface area contributed by atoms with Crippen LogP contribution in [0, 0.1) is 11.7 Å². The quantitative estimate of drug-likeness (QED) is 0.565. The van der Waals surface area contributed by atoms with E-state index in [2.05, 4.69) is 26.1 Å². The van der Waals surface area contributed by atoms with Crippen molar-refractivity contribution < 1.29 is 9.18 Å². The smallest absolute Gasteiger partial charge is 0.220 e. The molecule has 0 bridgehead atoms. The standard InChI is InChI=1S/C28H38ClFN4O/c1-21(2)31-28(35)12-11-23-20-32(19-22-7-3-4-8-24(22)29)14-13-26(23)33-15-17-34(18-16-33)27-10-6-5-9-25(27)30/h3-10,21,23,26H,11-20H2,1-2H3,(H,31,35)/t23-,26+/m0/s1. The lowest BCUT2D eigenvalue weighted by molar-refractivity contribution is -0.122. The first kappa shape index (κ1) is 25.9. The third-order valence-corrected chi connectivity index (χ3v) is 7.67. The van der Waals surface area contributed by atoms with E-state index in [1.54, 1.807) is 6.07 Å². The van der Waals surface area contributed by atoms with E-state index in [9.17, 15) is 9.18 Å². The number of para-hydroxylation sites is 1. The van der Waals surface area contributed by atoms with Gasteiger partial charge in [0.2, 0.25) is 5.91 Å². The van der Waals surface area contributed by atoms with Crippen LogP contribution in [0.25, 0.3) is 0 Å². The summed E-state index contributed by atoms with van der Waals surface area (Å²) in [5.74, 6) is 0.387. The number of nitrogens with one attached hydrogen (secondary N) is 1. The maximum absolute atomic E-state index is 14.3. The fourth-order valence-corrected chi connectivity index (χ4v) is 5.78. The van der Waals surface area contributed by atoms with E-state index in [-0.39, 0.29) is 17.8 Å². The summed E-state index contributed by atoms with van der Waals surface area (Å²) >= 11 is 6.44. The van der Waals surface area contributed by atoms with E-state index in [0.717, 1.165) is 69.2 Å². The maximum atomic E-state index is 14.3. The molecule has 1 N–H and O–H groups in total. The van der Waals surface area contributed by atoms with E-state index in [1.165, 1.54) is 6.07 Å². The van der Waals surface area contributed by atoms with Crippen LogP contribution in [0.5, 0.6) is 0 Å². The minimum atomic E-state index is -0.150. The molecule has 35 heavy (non-hydrogen) atoms. The normalized spacial score (nSPS) is 21.9. The van der Waals surface area contributed by atoms with Gasteiger partial charge in [-0.05, 0) is 62.9 Å². The van der Waals surface area contributed by atoms with Gasteiger partial charge in [-0.15, -0.1) is 0 Å². The van der Waals surface area contributed by atoms with Gasteiger partial charge in [0.1, 0.15) is 5.82 Å². The Kier molecular flexibility index (Phi) is 9.04. The summed E-state index contributed by atoms with van der Waals surface area (Å²) in [6.07, 6.45) is 2.49. The van der Waals surface area contributed by atoms with Crippen molar-refractivity contribution in [1.82, 2.24) is 15.1 Å². The fourth-order valence-electron chi connectivity index (χ4n) is 5.58. The molecule has 0 radical (unpaired) electrons. The van der Waals surface area contributed by atoms with Crippen LogP contribution in [0.4, 0.5) is 10.1 Å². The van der Waals surface area contributed by atoms with Gasteiger partial charge in [-0.25, -0.2) is 4.39 Å². The summed E-state index contributed by atoms with van der Waals surface area (Å²) in [7, 11) is 0. The molecular weight excluding hydrogens is 463 g/mol. The first-order valence-electron chi connectivity index (χ1n) is 12.9. The van der Waals surface area contributed by atoms with Crippen LogP contribution in [0.1, 0.15) is 38.7 Å². The Balaban J connectivity index is 1.40. The first-order chi connectivity index (χ1) is 16.9. The topological polar surface area (TPSA) is 38.8 Å². The Labute approximate surface area is 214 Å². The van der Waals surface area contributed by atoms with Crippen molar-refractivity contribution in [3.05, 3.63) is 64.9 Å². The van der Waals surface area contributed by atoms with Crippen molar-refractivity contribution >= 4 is 23.2 Å². The highest BCUT2D eigenvalue weighted by atomic mass is 35.5. The molecule has 0 aromatic heterocycles. The van der Waals surface area contributed by atoms with Gasteiger partial charge >= 0.3 is 0 Å². The van der Waals surface area contributed by atoms with Crippen molar-refractivity contribution in [2.24, 2.45) is 5.92 Å². The molecule has 5 nitrogen and oxygen atoms in total. The monoisotopic (exact) mass is 500 g/mol. The van der Waals surface area contributed by atoms with Crippen molar-refractivity contribution in [3.63, 3.8) is 0 Å². The van der Waals surface area contributed by atoms with Gasteiger partial charge in [0.25, 0.3) is 0 Å². The van der Waals surface area contributed by atoms with Crippen LogP contribution in [-0.4, -0.2) is 67.1 Å². The molecule has 2 saturated heterocycles. The Bertz CT molecular complexity index is 979. The molecule has 190 valence electrons. The molecule has 2 heterocycles. The minimum absolute atomic E-state index is 0.131. The number of carbonyl (C=O) groups is 1. The zero-order valence-corrected chi connectivity index (χ0v) is 21.7. The Morgan fingerprint density at radius 1 is 1.06 bits per heavy atom. The van der Waals surface area contributed by atoms with Crippen LogP contribution in [-0.2, 0) is 11.3 Å². The Hall–Kier alpha value is -2.15. The zero-order chi connectivity index (χ0) is 24.8. The predicted molar refractivity (Wildman–Crippen MR) is 141 cm³/mol. The predicted octanol–water partition coefficient (Wildman–Crippen LogP) is 4.80. The van der Waals surface area contributed by atoms with E-state index in [4.69, 9.17) is 11.6 Å². The molecule has 7 heteroatoms. The van der Waals surface area contributed by atoms with E-state index in [1.807, 2.05) is 44.2 Å². The number of likely N-dealkylation sites (tertiary alicyclic amines) is 1. The lowest BCUT2D eigenvalue weighted by Crippen LogP contribution is -2.57. The number of halogens is 2. The number of benzene rings is 2. The van der Waals surface area contributed by atoms with Crippen molar-refractivity contribution in [2.75, 3.05) is 44.2 Å². The van der Waals surface area contributed by atoms with Gasteiger partial charge in [0.05, 0.1) is 5.69 Å². The average Bonchev–Trinajstić information content (AvgIpc) is 2.84. The molecule has 2 atom stereocenters. The molecule has 0 saturated carbocycles. The van der Waals surface area contributed by atoms with Crippen molar-refractivity contribution in [3.8, 4) is 0 Å². The summed E-state index contributed by atoms with van der Waals surface area (Å²) in [4.78, 5) is 19.6. The Morgan fingerprint density at radius 3 is 2.49 bits per heavy atom. The molecule has 0 unspecified atom stereocenters. The number of nitrogens with zero attached hydrogens (tertiary/aromatic N) is 3. The highest BCUT2D eigenvalue weighted by molar-refractivity contribution is 6.31. The molecule has 2 aromatic rings. The highest BCUT2D eigenvalue weighted by Gasteiger charge is 2.35. The summed E-state index contributed by atoms with van der Waals surface area (Å²) in [5, 5.41) is 3.85. The maximum Gasteiger partial charge on any atom is 0.220 e. The lowest BCUT2D eigenvalue weighted by atomic mass is 9.86. The number of carbonyl (C=O) groups excluding carboxylic acids is 1. The molecule has 4 rings (SSSR count). The Morgan fingerprint density at radius 2 is 1.77 bits per heavy atom. The van der Waals surface area contributed by atoms with Gasteiger partial charge in [-0.3, -0.25) is 14.6 Å². The third kappa shape index (κ3) is 6.96. The zero-order valence-electron chi connectivity index (χ0n) is 20.9. The van der Waals surface area contributed by atoms with Crippen molar-refractivity contribution in [2.45, 2.75) is 51.7 Å². The summed E-state index contributed by atoms with van der Waals surface area (Å²) in [5.41, 5.74) is 1.85. The summed E-state index contributed by atoms with van der Waals surface area (Å²) in [6.45, 7) is 10.3. The molecule has 2 aliphatic rings. The van der Waals surface area contributed by atoms with Crippen LogP contribution in [0.2, 0.25) is 5.02 Å². The van der Waals surface area contributed by atoms with Crippen LogP contribution in [0.3, 0.4) is 0 Å². The fraction of sp³-hybridized carbons (Fsp3) is 0.536. The second kappa shape index (κ2) is 12.2. The van der Waals surface area contributed by atoms with E-state index < -0.39 is 0 Å². The molecule has 2 aliphatic heterocycles. The lowest BCUT2D eigenvalue weighted by Gasteiger charge is -2.47. The third-order valence-electron chi connectivity index (χ3n) is 7.30. The number of anilines is 1. The number of hydrogen-bond donors (Lipinski definition) is 1. The largest absolute Gasteiger partial charge is 0.367 e. The van der Waals surface area contributed by atoms with Crippen LogP contribution in [0.15, 0.2) is 48.5 Å². The average molecular weight is 501 g/mol. The van der Waals surface area contributed by atoms with Crippen LogP contribution < -0.4 is 10.2 Å². The molecule has 1 amide bonds. The molecular formula is C28H38ClFN4O. The van der Waals surface area contributed by atoms with E-state index >= 15 is 0 Å². The first-order valence-corrected chi connectivity index (χ1v) is 13.3. The van der Waals surface area contributed by atoms with Gasteiger partial charge < -0.3 is 10.2 Å². The summed E-state index contributed by atoms with van der Waals surface area (Å²) in [6, 6.07) is 15.7. The second-order valence-corrected chi connectivity index (χ2v) is 10.6. The number of piperazine rings is 1. The molecule has 0 aliphatic carbocycles. The number of rotatable bonds is 8. The summed E-state index contributed by atoms with van der Waals surface area (Å²) < 4.78 is 14.3. The van der Waals surface area contributed by atoms with Gasteiger partial charge in [0.15, 0.2) is 0 Å². The van der Waals surface area contributed by atoms with Gasteiger partial charge in [-0.1, -0.05) is 41.9 Å². The SMILES string of the molecule is CC(C)NC(=O)CC[C@H]1CN(Cc2ccccc2Cl)CC[C@H]1N1CCN(c2ccccc2F)CC1. The molecule has 2 aromatic carbocycles. The van der Waals surface area contributed by atoms with E-state index in [0.29, 0.717) is 24.1 Å². The van der Waals surface area contributed by atoms with Crippen molar-refractivity contribution in [1.29, 1.82) is 0 Å².